The van der Waals surface area contributed by atoms with Gasteiger partial charge in [0.25, 0.3) is 0 Å². The summed E-state index contributed by atoms with van der Waals surface area (Å²) in [4.78, 5) is 0. The second-order valence-electron chi connectivity index (χ2n) is 7.71. The Labute approximate surface area is 129 Å². The van der Waals surface area contributed by atoms with Gasteiger partial charge in [-0.2, -0.15) is 0 Å². The molecule has 0 aromatic rings. The minimum atomic E-state index is -2.93. The van der Waals surface area contributed by atoms with E-state index in [-0.39, 0.29) is 16.7 Å². The van der Waals surface area contributed by atoms with Crippen molar-refractivity contribution in [2.24, 2.45) is 11.3 Å². The van der Waals surface area contributed by atoms with Gasteiger partial charge in [-0.25, -0.2) is 8.42 Å². The summed E-state index contributed by atoms with van der Waals surface area (Å²) >= 11 is 0. The molecule has 0 bridgehead atoms. The maximum Gasteiger partial charge on any atom is 0.151 e. The highest BCUT2D eigenvalue weighted by Crippen LogP contribution is 2.32. The zero-order chi connectivity index (χ0) is 15.5. The molecule has 21 heavy (non-hydrogen) atoms. The average Bonchev–Trinajstić information content (AvgIpc) is 2.85. The Morgan fingerprint density at radius 3 is 2.43 bits per heavy atom. The number of hydrogen-bond acceptors (Lipinski definition) is 4. The van der Waals surface area contributed by atoms with Crippen molar-refractivity contribution in [3.05, 3.63) is 0 Å². The molecule has 2 rings (SSSR count). The van der Waals surface area contributed by atoms with Crippen LogP contribution >= 0.6 is 0 Å². The topological polar surface area (TPSA) is 55.4 Å². The van der Waals surface area contributed by atoms with Crippen LogP contribution in [0.15, 0.2) is 0 Å². The molecular weight excluding hydrogens is 286 g/mol. The van der Waals surface area contributed by atoms with Crippen molar-refractivity contribution >= 4 is 9.84 Å². The SMILES string of the molecule is CC(C)(CN[C@@H]1CCC[C@H]1S(C)(=O)=O)CC1CCOCC1. The molecule has 0 radical (unpaired) electrons. The zero-order valence-electron chi connectivity index (χ0n) is 13.7. The Hall–Kier alpha value is -0.130. The van der Waals surface area contributed by atoms with E-state index < -0.39 is 9.84 Å². The third-order valence-corrected chi connectivity index (χ3v) is 6.69. The Bertz CT molecular complexity index is 427. The summed E-state index contributed by atoms with van der Waals surface area (Å²) in [7, 11) is -2.93. The molecule has 0 aromatic heterocycles. The van der Waals surface area contributed by atoms with Crippen LogP contribution in [0, 0.1) is 11.3 Å². The Balaban J connectivity index is 1.83. The first-order valence-electron chi connectivity index (χ1n) is 8.28. The van der Waals surface area contributed by atoms with E-state index in [1.807, 2.05) is 0 Å². The average molecular weight is 317 g/mol. The van der Waals surface area contributed by atoms with Crippen molar-refractivity contribution in [3.8, 4) is 0 Å². The summed E-state index contributed by atoms with van der Waals surface area (Å²) in [6.45, 7) is 7.28. The number of sulfone groups is 1. The second kappa shape index (κ2) is 6.97. The zero-order valence-corrected chi connectivity index (χ0v) is 14.5. The van der Waals surface area contributed by atoms with Gasteiger partial charge in [-0.15, -0.1) is 0 Å². The van der Waals surface area contributed by atoms with Crippen LogP contribution in [0.1, 0.15) is 52.4 Å². The summed E-state index contributed by atoms with van der Waals surface area (Å²) in [5.74, 6) is 0.754. The van der Waals surface area contributed by atoms with E-state index in [1.165, 1.54) is 25.5 Å². The Morgan fingerprint density at radius 1 is 1.14 bits per heavy atom. The van der Waals surface area contributed by atoms with Gasteiger partial charge < -0.3 is 10.1 Å². The highest BCUT2D eigenvalue weighted by atomic mass is 32.2. The highest BCUT2D eigenvalue weighted by Gasteiger charge is 2.35. The summed E-state index contributed by atoms with van der Waals surface area (Å²) < 4.78 is 29.1. The summed E-state index contributed by atoms with van der Waals surface area (Å²) in [6, 6.07) is 0.147. The van der Waals surface area contributed by atoms with Gasteiger partial charge in [0.1, 0.15) is 0 Å². The molecule has 1 saturated heterocycles. The fourth-order valence-electron chi connectivity index (χ4n) is 3.88. The number of hydrogen-bond donors (Lipinski definition) is 1. The molecule has 2 fully saturated rings. The van der Waals surface area contributed by atoms with Gasteiger partial charge in [0.2, 0.25) is 0 Å². The number of rotatable bonds is 6. The molecule has 1 aliphatic carbocycles. The van der Waals surface area contributed by atoms with Crippen LogP contribution in [0.5, 0.6) is 0 Å². The lowest BCUT2D eigenvalue weighted by Crippen LogP contribution is -2.44. The molecule has 4 nitrogen and oxygen atoms in total. The monoisotopic (exact) mass is 317 g/mol. The summed E-state index contributed by atoms with van der Waals surface area (Å²) in [5.41, 5.74) is 0.215. The first-order valence-corrected chi connectivity index (χ1v) is 10.2. The third-order valence-electron chi connectivity index (χ3n) is 5.03. The van der Waals surface area contributed by atoms with E-state index in [9.17, 15) is 8.42 Å². The predicted octanol–water partition coefficient (Wildman–Crippen LogP) is 2.38. The maximum atomic E-state index is 11.8. The fraction of sp³-hybridized carbons (Fsp3) is 1.00. The molecule has 1 aliphatic heterocycles. The van der Waals surface area contributed by atoms with Gasteiger partial charge in [-0.3, -0.25) is 0 Å². The molecule has 0 spiro atoms. The molecule has 1 saturated carbocycles. The smallest absolute Gasteiger partial charge is 0.151 e. The first-order chi connectivity index (χ1) is 9.78. The van der Waals surface area contributed by atoms with E-state index >= 15 is 0 Å². The van der Waals surface area contributed by atoms with Crippen molar-refractivity contribution in [3.63, 3.8) is 0 Å². The van der Waals surface area contributed by atoms with Crippen molar-refractivity contribution < 1.29 is 13.2 Å². The second-order valence-corrected chi connectivity index (χ2v) is 9.97. The fourth-order valence-corrected chi connectivity index (χ4v) is 5.31. The maximum absolute atomic E-state index is 11.8. The van der Waals surface area contributed by atoms with Crippen LogP contribution in [0.3, 0.4) is 0 Å². The summed E-state index contributed by atoms with van der Waals surface area (Å²) in [6.07, 6.45) is 7.74. The number of ether oxygens (including phenoxy) is 1. The molecule has 124 valence electrons. The van der Waals surface area contributed by atoms with Gasteiger partial charge in [-0.1, -0.05) is 20.3 Å². The van der Waals surface area contributed by atoms with Crippen molar-refractivity contribution in [2.75, 3.05) is 26.0 Å². The van der Waals surface area contributed by atoms with Crippen LogP contribution in [-0.2, 0) is 14.6 Å². The minimum Gasteiger partial charge on any atom is -0.381 e. The van der Waals surface area contributed by atoms with Gasteiger partial charge in [0.05, 0.1) is 5.25 Å². The standard InChI is InChI=1S/C16H31NO3S/c1-16(2,11-13-7-9-20-10-8-13)12-17-14-5-4-6-15(14)21(3,18)19/h13-15,17H,4-12H2,1-3H3/t14-,15-/m1/s1. The highest BCUT2D eigenvalue weighted by molar-refractivity contribution is 7.91. The Kier molecular flexibility index (Phi) is 5.71. The number of nitrogens with one attached hydrogen (secondary N) is 1. The van der Waals surface area contributed by atoms with E-state index in [1.54, 1.807) is 0 Å². The lowest BCUT2D eigenvalue weighted by Gasteiger charge is -2.33. The molecule has 0 amide bonds. The molecule has 5 heteroatoms. The largest absolute Gasteiger partial charge is 0.381 e. The van der Waals surface area contributed by atoms with Crippen molar-refractivity contribution in [1.29, 1.82) is 0 Å². The molecule has 2 aliphatic rings. The molecule has 1 N–H and O–H groups in total. The lowest BCUT2D eigenvalue weighted by molar-refractivity contribution is 0.0509. The summed E-state index contributed by atoms with van der Waals surface area (Å²) in [5, 5.41) is 3.37. The van der Waals surface area contributed by atoms with E-state index in [0.717, 1.165) is 44.9 Å². The molecule has 0 aromatic carbocycles. The molecule has 2 atom stereocenters. The Morgan fingerprint density at radius 2 is 1.81 bits per heavy atom. The van der Waals surface area contributed by atoms with Crippen LogP contribution in [0.4, 0.5) is 0 Å². The van der Waals surface area contributed by atoms with Gasteiger partial charge in [-0.05, 0) is 43.4 Å². The van der Waals surface area contributed by atoms with Crippen molar-refractivity contribution in [1.82, 2.24) is 5.32 Å². The van der Waals surface area contributed by atoms with Gasteiger partial charge in [0.15, 0.2) is 9.84 Å². The quantitative estimate of drug-likeness (QED) is 0.817. The first kappa shape index (κ1) is 17.2. The van der Waals surface area contributed by atoms with E-state index in [2.05, 4.69) is 19.2 Å². The normalized spacial score (nSPS) is 28.9. The van der Waals surface area contributed by atoms with Crippen LogP contribution in [0.2, 0.25) is 0 Å². The van der Waals surface area contributed by atoms with Gasteiger partial charge >= 0.3 is 0 Å². The van der Waals surface area contributed by atoms with Crippen molar-refractivity contribution in [2.45, 2.75) is 63.7 Å². The third kappa shape index (κ3) is 5.22. The van der Waals surface area contributed by atoms with Crippen LogP contribution in [0.25, 0.3) is 0 Å². The van der Waals surface area contributed by atoms with E-state index in [0.29, 0.717) is 0 Å². The van der Waals surface area contributed by atoms with Gasteiger partial charge in [0, 0.05) is 32.1 Å². The van der Waals surface area contributed by atoms with E-state index in [4.69, 9.17) is 4.74 Å². The van der Waals surface area contributed by atoms with Crippen LogP contribution < -0.4 is 5.32 Å². The minimum absolute atomic E-state index is 0.147. The molecule has 0 unspecified atom stereocenters. The molecular formula is C16H31NO3S. The van der Waals surface area contributed by atoms with Crippen LogP contribution in [-0.4, -0.2) is 45.7 Å². The lowest BCUT2D eigenvalue weighted by atomic mass is 9.79. The molecule has 1 heterocycles. The predicted molar refractivity (Wildman–Crippen MR) is 86.2 cm³/mol.